The molecule has 0 radical (unpaired) electrons. The van der Waals surface area contributed by atoms with Gasteiger partial charge < -0.3 is 14.9 Å². The molecule has 0 saturated heterocycles. The predicted octanol–water partition coefficient (Wildman–Crippen LogP) is 0.789. The van der Waals surface area contributed by atoms with Crippen molar-refractivity contribution in [3.05, 3.63) is 29.3 Å². The average Bonchev–Trinajstić information content (AvgIpc) is 2.29. The van der Waals surface area contributed by atoms with Gasteiger partial charge in [0.1, 0.15) is 5.75 Å². The lowest BCUT2D eigenvalue weighted by molar-refractivity contribution is 0.0646. The van der Waals surface area contributed by atoms with Crippen LogP contribution in [0.3, 0.4) is 0 Å². The fourth-order valence-electron chi connectivity index (χ4n) is 1.80. The molecule has 4 nitrogen and oxygen atoms in total. The summed E-state index contributed by atoms with van der Waals surface area (Å²) < 4.78 is 5.29. The van der Waals surface area contributed by atoms with Crippen LogP contribution in [0.2, 0.25) is 0 Å². The second kappa shape index (κ2) is 6.59. The normalized spacial score (nSPS) is 12.8. The zero-order valence-electron chi connectivity index (χ0n) is 10.7. The molecular weight excluding hydrogens is 218 g/mol. The molecule has 1 aromatic rings. The second-order valence-electron chi connectivity index (χ2n) is 4.35. The Hall–Kier alpha value is -1.10. The van der Waals surface area contributed by atoms with Gasteiger partial charge in [0.05, 0.1) is 19.8 Å². The Labute approximate surface area is 102 Å². The van der Waals surface area contributed by atoms with Crippen molar-refractivity contribution in [1.82, 2.24) is 4.90 Å². The second-order valence-corrected chi connectivity index (χ2v) is 4.35. The molecule has 0 aliphatic carbocycles. The van der Waals surface area contributed by atoms with Crippen LogP contribution in [0.4, 0.5) is 0 Å². The summed E-state index contributed by atoms with van der Waals surface area (Å²) in [5, 5.41) is 18.2. The fraction of sp³-hybridized carbons (Fsp3) is 0.538. The lowest BCUT2D eigenvalue weighted by Crippen LogP contribution is -2.31. The number of aliphatic hydroxyl groups is 2. The van der Waals surface area contributed by atoms with Gasteiger partial charge in [0, 0.05) is 18.7 Å². The number of benzene rings is 1. The van der Waals surface area contributed by atoms with Crippen molar-refractivity contribution in [3.8, 4) is 5.75 Å². The van der Waals surface area contributed by atoms with Gasteiger partial charge in [-0.1, -0.05) is 17.7 Å². The third kappa shape index (κ3) is 4.34. The fourth-order valence-corrected chi connectivity index (χ4v) is 1.80. The highest BCUT2D eigenvalue weighted by molar-refractivity contribution is 5.36. The van der Waals surface area contributed by atoms with Crippen LogP contribution in [0.25, 0.3) is 0 Å². The van der Waals surface area contributed by atoms with Crippen LogP contribution in [0.5, 0.6) is 5.75 Å². The van der Waals surface area contributed by atoms with Gasteiger partial charge >= 0.3 is 0 Å². The molecule has 4 heteroatoms. The van der Waals surface area contributed by atoms with Crippen molar-refractivity contribution in [1.29, 1.82) is 0 Å². The van der Waals surface area contributed by atoms with Crippen LogP contribution < -0.4 is 4.74 Å². The summed E-state index contributed by atoms with van der Waals surface area (Å²) in [5.74, 6) is 0.848. The van der Waals surface area contributed by atoms with E-state index in [0.29, 0.717) is 13.1 Å². The minimum Gasteiger partial charge on any atom is -0.496 e. The van der Waals surface area contributed by atoms with Crippen molar-refractivity contribution < 1.29 is 14.9 Å². The van der Waals surface area contributed by atoms with Gasteiger partial charge in [-0.2, -0.15) is 0 Å². The number of ether oxygens (including phenoxy) is 1. The molecule has 2 N–H and O–H groups in total. The highest BCUT2D eigenvalue weighted by atomic mass is 16.5. The van der Waals surface area contributed by atoms with Crippen molar-refractivity contribution >= 4 is 0 Å². The maximum absolute atomic E-state index is 9.36. The SMILES string of the molecule is COc1ccc(C)cc1CN(C)CC(O)CO. The number of hydrogen-bond acceptors (Lipinski definition) is 4. The molecule has 0 aromatic heterocycles. The van der Waals surface area contributed by atoms with Gasteiger partial charge in [-0.25, -0.2) is 0 Å². The first-order valence-corrected chi connectivity index (χ1v) is 5.67. The molecule has 1 unspecified atom stereocenters. The van der Waals surface area contributed by atoms with Gasteiger partial charge in [-0.15, -0.1) is 0 Å². The Morgan fingerprint density at radius 3 is 2.71 bits per heavy atom. The van der Waals surface area contributed by atoms with Gasteiger partial charge in [0.25, 0.3) is 0 Å². The molecule has 17 heavy (non-hydrogen) atoms. The summed E-state index contributed by atoms with van der Waals surface area (Å²) in [4.78, 5) is 1.96. The van der Waals surface area contributed by atoms with Crippen LogP contribution in [0.1, 0.15) is 11.1 Å². The summed E-state index contributed by atoms with van der Waals surface area (Å²) >= 11 is 0. The molecule has 1 aromatic carbocycles. The van der Waals surface area contributed by atoms with Crippen LogP contribution >= 0.6 is 0 Å². The lowest BCUT2D eigenvalue weighted by atomic mass is 10.1. The molecule has 0 fully saturated rings. The maximum atomic E-state index is 9.36. The molecule has 0 amide bonds. The zero-order chi connectivity index (χ0) is 12.8. The molecule has 0 aliphatic rings. The summed E-state index contributed by atoms with van der Waals surface area (Å²) in [6.07, 6.45) is -0.698. The van der Waals surface area contributed by atoms with E-state index in [1.54, 1.807) is 7.11 Å². The highest BCUT2D eigenvalue weighted by Gasteiger charge is 2.10. The lowest BCUT2D eigenvalue weighted by Gasteiger charge is -2.20. The van der Waals surface area contributed by atoms with Crippen molar-refractivity contribution in [2.45, 2.75) is 19.6 Å². The van der Waals surface area contributed by atoms with Gasteiger partial charge in [0.15, 0.2) is 0 Å². The van der Waals surface area contributed by atoms with E-state index in [2.05, 4.69) is 6.07 Å². The third-order valence-corrected chi connectivity index (χ3v) is 2.61. The molecule has 0 saturated carbocycles. The van der Waals surface area contributed by atoms with E-state index in [-0.39, 0.29) is 6.61 Å². The number of likely N-dealkylation sites (N-methyl/N-ethyl adjacent to an activating group) is 1. The van der Waals surface area contributed by atoms with Crippen LogP contribution in [-0.2, 0) is 6.54 Å². The van der Waals surface area contributed by atoms with E-state index in [0.717, 1.165) is 11.3 Å². The number of methoxy groups -OCH3 is 1. The number of aryl methyl sites for hydroxylation is 1. The van der Waals surface area contributed by atoms with E-state index in [1.807, 2.05) is 31.0 Å². The monoisotopic (exact) mass is 239 g/mol. The molecule has 0 aliphatic heterocycles. The Morgan fingerprint density at radius 2 is 2.12 bits per heavy atom. The van der Waals surface area contributed by atoms with E-state index < -0.39 is 6.10 Å². The molecular formula is C13H21NO3. The van der Waals surface area contributed by atoms with Crippen molar-refractivity contribution in [2.75, 3.05) is 27.3 Å². The molecule has 96 valence electrons. The largest absolute Gasteiger partial charge is 0.496 e. The smallest absolute Gasteiger partial charge is 0.123 e. The van der Waals surface area contributed by atoms with Gasteiger partial charge in [-0.05, 0) is 20.0 Å². The first-order chi connectivity index (χ1) is 8.06. The van der Waals surface area contributed by atoms with Crippen LogP contribution in [0.15, 0.2) is 18.2 Å². The number of nitrogens with zero attached hydrogens (tertiary/aromatic N) is 1. The Morgan fingerprint density at radius 1 is 1.41 bits per heavy atom. The van der Waals surface area contributed by atoms with Crippen molar-refractivity contribution in [2.24, 2.45) is 0 Å². The van der Waals surface area contributed by atoms with E-state index >= 15 is 0 Å². The summed E-state index contributed by atoms with van der Waals surface area (Å²) in [5.41, 5.74) is 2.26. The first-order valence-electron chi connectivity index (χ1n) is 5.67. The predicted molar refractivity (Wildman–Crippen MR) is 67.2 cm³/mol. The minimum absolute atomic E-state index is 0.213. The number of aliphatic hydroxyl groups excluding tert-OH is 2. The summed E-state index contributed by atoms with van der Waals surface area (Å²) in [6.45, 7) is 2.94. The first kappa shape index (κ1) is 14.0. The third-order valence-electron chi connectivity index (χ3n) is 2.61. The molecule has 0 heterocycles. The Balaban J connectivity index is 2.69. The summed E-state index contributed by atoms with van der Waals surface area (Å²) in [7, 11) is 3.55. The zero-order valence-corrected chi connectivity index (χ0v) is 10.7. The quantitative estimate of drug-likeness (QED) is 0.770. The number of rotatable bonds is 6. The maximum Gasteiger partial charge on any atom is 0.123 e. The van der Waals surface area contributed by atoms with E-state index in [1.165, 1.54) is 5.56 Å². The Kier molecular flexibility index (Phi) is 5.41. The van der Waals surface area contributed by atoms with E-state index in [9.17, 15) is 5.11 Å². The molecule has 1 atom stereocenters. The molecule has 0 spiro atoms. The molecule has 0 bridgehead atoms. The van der Waals surface area contributed by atoms with Crippen LogP contribution in [-0.4, -0.2) is 48.5 Å². The summed E-state index contributed by atoms with van der Waals surface area (Å²) in [6, 6.07) is 6.02. The average molecular weight is 239 g/mol. The number of hydrogen-bond donors (Lipinski definition) is 2. The van der Waals surface area contributed by atoms with Gasteiger partial charge in [0.2, 0.25) is 0 Å². The Bertz CT molecular complexity index is 355. The molecule has 1 rings (SSSR count). The van der Waals surface area contributed by atoms with E-state index in [4.69, 9.17) is 9.84 Å². The standard InChI is InChI=1S/C13H21NO3/c1-10-4-5-13(17-3)11(6-10)7-14(2)8-12(16)9-15/h4-6,12,15-16H,7-9H2,1-3H3. The van der Waals surface area contributed by atoms with Crippen molar-refractivity contribution in [3.63, 3.8) is 0 Å². The van der Waals surface area contributed by atoms with Crippen LogP contribution in [0, 0.1) is 6.92 Å². The highest BCUT2D eigenvalue weighted by Crippen LogP contribution is 2.20. The van der Waals surface area contributed by atoms with Gasteiger partial charge in [-0.3, -0.25) is 4.90 Å². The topological polar surface area (TPSA) is 52.9 Å². The minimum atomic E-state index is -0.698.